The topological polar surface area (TPSA) is 47.8 Å². The van der Waals surface area contributed by atoms with E-state index in [1.165, 1.54) is 4.57 Å². The number of nitrogens with zero attached hydrogens (tertiary/aromatic N) is 3. The van der Waals surface area contributed by atoms with Crippen molar-refractivity contribution >= 4 is 0 Å². The van der Waals surface area contributed by atoms with Gasteiger partial charge in [0.05, 0.1) is 0 Å². The molecule has 0 unspecified atom stereocenters. The van der Waals surface area contributed by atoms with Crippen LogP contribution in [0.25, 0.3) is 5.95 Å². The molecule has 0 saturated heterocycles. The van der Waals surface area contributed by atoms with Crippen LogP contribution >= 0.6 is 0 Å². The number of rotatable bonds is 2. The molecule has 0 spiro atoms. The number of pyridine rings is 1. The zero-order valence-electron chi connectivity index (χ0n) is 9.29. The van der Waals surface area contributed by atoms with Gasteiger partial charge in [-0.2, -0.15) is 0 Å². The van der Waals surface area contributed by atoms with E-state index in [0.717, 1.165) is 5.56 Å². The summed E-state index contributed by atoms with van der Waals surface area (Å²) < 4.78 is 1.47. The van der Waals surface area contributed by atoms with Gasteiger partial charge in [-0.3, -0.25) is 9.36 Å². The van der Waals surface area contributed by atoms with Gasteiger partial charge in [-0.25, -0.2) is 9.97 Å². The minimum atomic E-state index is -0.0521. The van der Waals surface area contributed by atoms with Crippen molar-refractivity contribution in [2.45, 2.75) is 19.8 Å². The van der Waals surface area contributed by atoms with E-state index in [9.17, 15) is 4.79 Å². The SMILES string of the molecule is CC(C)c1cccn(-c2ncccn2)c1=O. The van der Waals surface area contributed by atoms with E-state index >= 15 is 0 Å². The van der Waals surface area contributed by atoms with Crippen LogP contribution in [0.15, 0.2) is 41.6 Å². The lowest BCUT2D eigenvalue weighted by Crippen LogP contribution is -2.23. The third-order valence-electron chi connectivity index (χ3n) is 2.37. The Bertz CT molecular complexity index is 531. The van der Waals surface area contributed by atoms with Crippen LogP contribution < -0.4 is 5.56 Å². The van der Waals surface area contributed by atoms with Crippen LogP contribution in [0.4, 0.5) is 0 Å². The second-order valence-corrected chi connectivity index (χ2v) is 3.84. The molecule has 2 aromatic rings. The summed E-state index contributed by atoms with van der Waals surface area (Å²) in [4.78, 5) is 20.2. The van der Waals surface area contributed by atoms with Crippen molar-refractivity contribution in [1.82, 2.24) is 14.5 Å². The summed E-state index contributed by atoms with van der Waals surface area (Å²) in [5.74, 6) is 0.610. The summed E-state index contributed by atoms with van der Waals surface area (Å²) >= 11 is 0. The smallest absolute Gasteiger partial charge is 0.260 e. The highest BCUT2D eigenvalue weighted by Gasteiger charge is 2.08. The molecule has 2 heterocycles. The average Bonchev–Trinajstić information content (AvgIpc) is 2.30. The fourth-order valence-corrected chi connectivity index (χ4v) is 1.52. The van der Waals surface area contributed by atoms with Gasteiger partial charge in [0.1, 0.15) is 0 Å². The van der Waals surface area contributed by atoms with E-state index in [1.54, 1.807) is 24.7 Å². The van der Waals surface area contributed by atoms with Crippen molar-refractivity contribution in [3.63, 3.8) is 0 Å². The van der Waals surface area contributed by atoms with E-state index in [2.05, 4.69) is 9.97 Å². The molecule has 0 bridgehead atoms. The first-order valence-corrected chi connectivity index (χ1v) is 5.19. The van der Waals surface area contributed by atoms with Gasteiger partial charge in [0.25, 0.3) is 5.56 Å². The lowest BCUT2D eigenvalue weighted by Gasteiger charge is -2.07. The molecule has 0 saturated carbocycles. The highest BCUT2D eigenvalue weighted by molar-refractivity contribution is 5.20. The molecule has 0 fully saturated rings. The number of hydrogen-bond acceptors (Lipinski definition) is 3. The van der Waals surface area contributed by atoms with Gasteiger partial charge < -0.3 is 0 Å². The van der Waals surface area contributed by atoms with Crippen molar-refractivity contribution in [3.8, 4) is 5.95 Å². The van der Waals surface area contributed by atoms with Gasteiger partial charge >= 0.3 is 0 Å². The van der Waals surface area contributed by atoms with Crippen molar-refractivity contribution < 1.29 is 0 Å². The molecule has 4 heteroatoms. The summed E-state index contributed by atoms with van der Waals surface area (Å²) in [6.45, 7) is 3.99. The minimum absolute atomic E-state index is 0.0521. The second kappa shape index (κ2) is 4.26. The fraction of sp³-hybridized carbons (Fsp3) is 0.250. The average molecular weight is 215 g/mol. The van der Waals surface area contributed by atoms with Crippen LogP contribution in [-0.2, 0) is 0 Å². The van der Waals surface area contributed by atoms with Crippen molar-refractivity contribution in [3.05, 3.63) is 52.7 Å². The Morgan fingerprint density at radius 1 is 1.19 bits per heavy atom. The molecule has 0 amide bonds. The van der Waals surface area contributed by atoms with Crippen molar-refractivity contribution in [1.29, 1.82) is 0 Å². The molecule has 2 rings (SSSR count). The maximum atomic E-state index is 12.1. The lowest BCUT2D eigenvalue weighted by atomic mass is 10.1. The monoisotopic (exact) mass is 215 g/mol. The van der Waals surface area contributed by atoms with E-state index in [0.29, 0.717) is 5.95 Å². The lowest BCUT2D eigenvalue weighted by molar-refractivity contribution is 0.799. The molecular weight excluding hydrogens is 202 g/mol. The Kier molecular flexibility index (Phi) is 2.81. The van der Waals surface area contributed by atoms with Gasteiger partial charge in [-0.1, -0.05) is 19.9 Å². The Morgan fingerprint density at radius 2 is 1.88 bits per heavy atom. The first-order valence-electron chi connectivity index (χ1n) is 5.19. The van der Waals surface area contributed by atoms with Crippen LogP contribution in [-0.4, -0.2) is 14.5 Å². The van der Waals surface area contributed by atoms with E-state index in [-0.39, 0.29) is 11.5 Å². The number of aromatic nitrogens is 3. The van der Waals surface area contributed by atoms with Crippen LogP contribution in [0.5, 0.6) is 0 Å². The van der Waals surface area contributed by atoms with Crippen LogP contribution in [0.3, 0.4) is 0 Å². The molecule has 0 aliphatic rings. The maximum Gasteiger partial charge on any atom is 0.260 e. The van der Waals surface area contributed by atoms with E-state index in [4.69, 9.17) is 0 Å². The first-order chi connectivity index (χ1) is 7.70. The molecular formula is C12H13N3O. The molecule has 0 aromatic carbocycles. The predicted octanol–water partition coefficient (Wildman–Crippen LogP) is 1.75. The molecule has 0 aliphatic heterocycles. The molecule has 4 nitrogen and oxygen atoms in total. The molecule has 0 atom stereocenters. The maximum absolute atomic E-state index is 12.1. The molecule has 82 valence electrons. The zero-order chi connectivity index (χ0) is 11.5. The zero-order valence-corrected chi connectivity index (χ0v) is 9.29. The van der Waals surface area contributed by atoms with Crippen molar-refractivity contribution in [2.75, 3.05) is 0 Å². The third kappa shape index (κ3) is 1.86. The summed E-state index contributed by atoms with van der Waals surface area (Å²) in [7, 11) is 0. The van der Waals surface area contributed by atoms with Crippen LogP contribution in [0.1, 0.15) is 25.3 Å². The molecule has 0 N–H and O–H groups in total. The Balaban J connectivity index is 2.60. The highest BCUT2D eigenvalue weighted by Crippen LogP contribution is 2.08. The Morgan fingerprint density at radius 3 is 2.50 bits per heavy atom. The van der Waals surface area contributed by atoms with Crippen LogP contribution in [0, 0.1) is 0 Å². The standard InChI is InChI=1S/C12H13N3O/c1-9(2)10-5-3-8-15(11(10)16)12-13-6-4-7-14-12/h3-9H,1-2H3. The molecule has 0 radical (unpaired) electrons. The Labute approximate surface area is 93.6 Å². The Hall–Kier alpha value is -1.97. The largest absolute Gasteiger partial charge is 0.269 e. The van der Waals surface area contributed by atoms with E-state index in [1.807, 2.05) is 26.0 Å². The fourth-order valence-electron chi connectivity index (χ4n) is 1.52. The second-order valence-electron chi connectivity index (χ2n) is 3.84. The summed E-state index contributed by atoms with van der Waals surface area (Å²) in [6.07, 6.45) is 4.93. The van der Waals surface area contributed by atoms with Crippen molar-refractivity contribution in [2.24, 2.45) is 0 Å². The predicted molar refractivity (Wildman–Crippen MR) is 61.7 cm³/mol. The summed E-state index contributed by atoms with van der Waals surface area (Å²) in [5, 5.41) is 0. The van der Waals surface area contributed by atoms with Gasteiger partial charge in [0, 0.05) is 24.2 Å². The quantitative estimate of drug-likeness (QED) is 0.766. The minimum Gasteiger partial charge on any atom is -0.269 e. The van der Waals surface area contributed by atoms with Gasteiger partial charge in [0.2, 0.25) is 5.95 Å². The third-order valence-corrected chi connectivity index (χ3v) is 2.37. The summed E-state index contributed by atoms with van der Waals surface area (Å²) in [6, 6.07) is 5.40. The molecule has 2 aromatic heterocycles. The summed E-state index contributed by atoms with van der Waals surface area (Å²) in [5.41, 5.74) is 0.721. The molecule has 16 heavy (non-hydrogen) atoms. The molecule has 0 aliphatic carbocycles. The van der Waals surface area contributed by atoms with Gasteiger partial charge in [-0.15, -0.1) is 0 Å². The van der Waals surface area contributed by atoms with Gasteiger partial charge in [-0.05, 0) is 18.1 Å². The first kappa shape index (κ1) is 10.5. The van der Waals surface area contributed by atoms with Gasteiger partial charge in [0.15, 0.2) is 0 Å². The van der Waals surface area contributed by atoms with Crippen LogP contribution in [0.2, 0.25) is 0 Å². The van der Waals surface area contributed by atoms with E-state index < -0.39 is 0 Å². The number of hydrogen-bond donors (Lipinski definition) is 0. The normalized spacial score (nSPS) is 10.7. The highest BCUT2D eigenvalue weighted by atomic mass is 16.1.